The zero-order valence-electron chi connectivity index (χ0n) is 15.7. The topological polar surface area (TPSA) is 30.2 Å². The first-order valence-electron chi connectivity index (χ1n) is 9.68. The summed E-state index contributed by atoms with van der Waals surface area (Å²) in [5.41, 5.74) is 5.87. The average molecular weight is 389 g/mol. The molecule has 2 aromatic carbocycles. The van der Waals surface area contributed by atoms with Crippen molar-refractivity contribution in [3.63, 3.8) is 0 Å². The first kappa shape index (κ1) is 15.4. The van der Waals surface area contributed by atoms with E-state index in [1.807, 2.05) is 23.7 Å². The molecule has 0 aliphatic rings. The molecule has 0 radical (unpaired) electrons. The summed E-state index contributed by atoms with van der Waals surface area (Å²) in [5.74, 6) is 0. The van der Waals surface area contributed by atoms with Crippen LogP contribution in [0.25, 0.3) is 58.9 Å². The van der Waals surface area contributed by atoms with Crippen LogP contribution in [0.4, 0.5) is 0 Å². The summed E-state index contributed by atoms with van der Waals surface area (Å²) in [6, 6.07) is 21.6. The highest BCUT2D eigenvalue weighted by Crippen LogP contribution is 2.44. The molecule has 3 nitrogen and oxygen atoms in total. The zero-order chi connectivity index (χ0) is 19.1. The molecule has 0 fully saturated rings. The van der Waals surface area contributed by atoms with Crippen molar-refractivity contribution in [1.82, 2.24) is 14.4 Å². The largest absolute Gasteiger partial charge is 0.298 e. The summed E-state index contributed by atoms with van der Waals surface area (Å²) in [4.78, 5) is 11.9. The molecule has 7 rings (SSSR count). The van der Waals surface area contributed by atoms with E-state index in [1.165, 1.54) is 53.2 Å². The molecule has 5 aromatic heterocycles. The van der Waals surface area contributed by atoms with Crippen molar-refractivity contribution in [1.29, 1.82) is 0 Å². The van der Waals surface area contributed by atoms with Crippen molar-refractivity contribution in [3.05, 3.63) is 78.6 Å². The fourth-order valence-corrected chi connectivity index (χ4v) is 5.83. The van der Waals surface area contributed by atoms with Gasteiger partial charge in [-0.1, -0.05) is 36.4 Å². The summed E-state index contributed by atoms with van der Waals surface area (Å²) in [7, 11) is 0. The van der Waals surface area contributed by atoms with Gasteiger partial charge in [0, 0.05) is 33.9 Å². The predicted molar refractivity (Wildman–Crippen MR) is 122 cm³/mol. The number of pyridine rings is 2. The number of nitrogens with zero attached hydrogens (tertiary/aromatic N) is 3. The summed E-state index contributed by atoms with van der Waals surface area (Å²) in [6.45, 7) is 2.15. The van der Waals surface area contributed by atoms with Gasteiger partial charge in [0.15, 0.2) is 0 Å². The van der Waals surface area contributed by atoms with Gasteiger partial charge >= 0.3 is 0 Å². The minimum Gasteiger partial charge on any atom is -0.298 e. The lowest BCUT2D eigenvalue weighted by Crippen LogP contribution is -1.83. The van der Waals surface area contributed by atoms with Gasteiger partial charge in [0.25, 0.3) is 0 Å². The number of aromatic nitrogens is 3. The molecule has 4 heteroatoms. The second-order valence-corrected chi connectivity index (χ2v) is 8.65. The average Bonchev–Trinajstić information content (AvgIpc) is 3.40. The fraction of sp³-hybridized carbons (Fsp3) is 0.0400. The number of aryl methyl sites for hydroxylation is 1. The molecule has 0 saturated heterocycles. The van der Waals surface area contributed by atoms with Crippen LogP contribution < -0.4 is 0 Å². The van der Waals surface area contributed by atoms with Gasteiger partial charge in [0.2, 0.25) is 0 Å². The van der Waals surface area contributed by atoms with Crippen LogP contribution in [0.5, 0.6) is 0 Å². The molecule has 0 bridgehead atoms. The highest BCUT2D eigenvalue weighted by atomic mass is 32.1. The van der Waals surface area contributed by atoms with Crippen molar-refractivity contribution in [2.75, 3.05) is 0 Å². The van der Waals surface area contributed by atoms with Crippen LogP contribution >= 0.6 is 11.3 Å². The van der Waals surface area contributed by atoms with E-state index >= 15 is 0 Å². The Morgan fingerprint density at radius 2 is 1.69 bits per heavy atom. The Hall–Kier alpha value is -3.50. The Bertz CT molecular complexity index is 1720. The summed E-state index contributed by atoms with van der Waals surface area (Å²) in [6.07, 6.45) is 3.84. The summed E-state index contributed by atoms with van der Waals surface area (Å²) < 4.78 is 2.40. The van der Waals surface area contributed by atoms with E-state index in [4.69, 9.17) is 9.97 Å². The molecule has 0 atom stereocenters. The van der Waals surface area contributed by atoms with Crippen LogP contribution in [0.1, 0.15) is 5.56 Å². The van der Waals surface area contributed by atoms with Gasteiger partial charge in [-0.05, 0) is 42.1 Å². The Morgan fingerprint density at radius 1 is 0.793 bits per heavy atom. The van der Waals surface area contributed by atoms with E-state index in [0.29, 0.717) is 0 Å². The molecular formula is C25H15N3S. The van der Waals surface area contributed by atoms with Gasteiger partial charge < -0.3 is 0 Å². The number of hydrogen-bond acceptors (Lipinski definition) is 3. The molecule has 5 heterocycles. The lowest BCUT2D eigenvalue weighted by atomic mass is 10.1. The van der Waals surface area contributed by atoms with Crippen molar-refractivity contribution >= 4 is 59.6 Å². The van der Waals surface area contributed by atoms with E-state index in [2.05, 4.69) is 72.0 Å². The maximum absolute atomic E-state index is 4.75. The van der Waals surface area contributed by atoms with Crippen molar-refractivity contribution in [3.8, 4) is 10.6 Å². The summed E-state index contributed by atoms with van der Waals surface area (Å²) in [5, 5.41) is 6.19. The zero-order valence-corrected chi connectivity index (χ0v) is 16.5. The molecule has 0 unspecified atom stereocenters. The quantitative estimate of drug-likeness (QED) is 0.308. The van der Waals surface area contributed by atoms with E-state index in [9.17, 15) is 0 Å². The van der Waals surface area contributed by atoms with Gasteiger partial charge in [-0.25, -0.2) is 0 Å². The molecular weight excluding hydrogens is 374 g/mol. The molecule has 136 valence electrons. The minimum atomic E-state index is 1.06. The van der Waals surface area contributed by atoms with Crippen LogP contribution in [-0.2, 0) is 0 Å². The lowest BCUT2D eigenvalue weighted by Gasteiger charge is -2.02. The third-order valence-electron chi connectivity index (χ3n) is 5.91. The Labute approximate surface area is 170 Å². The minimum absolute atomic E-state index is 1.06. The monoisotopic (exact) mass is 389 g/mol. The number of fused-ring (bicyclic) bond motifs is 7. The van der Waals surface area contributed by atoms with Crippen LogP contribution in [-0.4, -0.2) is 14.4 Å². The van der Waals surface area contributed by atoms with Crippen molar-refractivity contribution in [2.24, 2.45) is 0 Å². The second-order valence-electron chi connectivity index (χ2n) is 7.62. The molecule has 0 N–H and O–H groups in total. The standard InChI is InChI=1S/C25H15N3S/c1-14-6-7-18-20(12-14)28-24-17(9-11-27-23(18)24)19-13-21(29-25(19)28)22-16-5-3-2-4-15(16)8-10-26-22/h2-13H,1H3. The molecule has 0 aliphatic heterocycles. The van der Waals surface area contributed by atoms with Crippen molar-refractivity contribution in [2.45, 2.75) is 6.92 Å². The molecule has 0 amide bonds. The van der Waals surface area contributed by atoms with Gasteiger partial charge in [0.1, 0.15) is 4.83 Å². The van der Waals surface area contributed by atoms with Crippen LogP contribution in [0.15, 0.2) is 73.1 Å². The molecule has 7 aromatic rings. The Morgan fingerprint density at radius 3 is 2.66 bits per heavy atom. The van der Waals surface area contributed by atoms with Gasteiger partial charge in [-0.2, -0.15) is 0 Å². The van der Waals surface area contributed by atoms with Crippen LogP contribution in [0, 0.1) is 6.92 Å². The fourth-order valence-electron chi connectivity index (χ4n) is 4.63. The highest BCUT2D eigenvalue weighted by molar-refractivity contribution is 7.22. The van der Waals surface area contributed by atoms with Crippen molar-refractivity contribution < 1.29 is 0 Å². The van der Waals surface area contributed by atoms with Crippen LogP contribution in [0.2, 0.25) is 0 Å². The third-order valence-corrected chi connectivity index (χ3v) is 7.04. The first-order valence-corrected chi connectivity index (χ1v) is 10.5. The second kappa shape index (κ2) is 5.31. The van der Waals surface area contributed by atoms with E-state index in [1.54, 1.807) is 0 Å². The molecule has 0 spiro atoms. The van der Waals surface area contributed by atoms with Gasteiger partial charge in [-0.3, -0.25) is 14.4 Å². The maximum Gasteiger partial charge on any atom is 0.109 e. The van der Waals surface area contributed by atoms with E-state index in [-0.39, 0.29) is 0 Å². The number of thiophene rings is 1. The highest BCUT2D eigenvalue weighted by Gasteiger charge is 2.21. The molecule has 0 saturated carbocycles. The van der Waals surface area contributed by atoms with Gasteiger partial charge in [0.05, 0.1) is 27.1 Å². The molecule has 29 heavy (non-hydrogen) atoms. The number of benzene rings is 2. The third kappa shape index (κ3) is 1.91. The maximum atomic E-state index is 4.75. The summed E-state index contributed by atoms with van der Waals surface area (Å²) >= 11 is 1.82. The number of hydrogen-bond donors (Lipinski definition) is 0. The Balaban J connectivity index is 1.65. The Kier molecular flexibility index (Phi) is 2.82. The van der Waals surface area contributed by atoms with E-state index < -0.39 is 0 Å². The lowest BCUT2D eigenvalue weighted by molar-refractivity contribution is 1.36. The number of rotatable bonds is 1. The predicted octanol–water partition coefficient (Wildman–Crippen LogP) is 6.82. The van der Waals surface area contributed by atoms with Crippen LogP contribution in [0.3, 0.4) is 0 Å². The smallest absolute Gasteiger partial charge is 0.109 e. The first-order chi connectivity index (χ1) is 14.3. The SMILES string of the molecule is Cc1ccc2c3nccc4c5cc(-c6nccc7ccccc67)sc5n(c2c1)c43. The molecule has 0 aliphatic carbocycles. The van der Waals surface area contributed by atoms with Gasteiger partial charge in [-0.15, -0.1) is 11.3 Å². The normalized spacial score (nSPS) is 12.3. The van der Waals surface area contributed by atoms with E-state index in [0.717, 1.165) is 11.2 Å².